The molecule has 0 bridgehead atoms. The van der Waals surface area contributed by atoms with Crippen molar-refractivity contribution in [1.29, 1.82) is 0 Å². The highest BCUT2D eigenvalue weighted by Crippen LogP contribution is 2.01. The van der Waals surface area contributed by atoms with Gasteiger partial charge in [0.2, 0.25) is 0 Å². The Labute approximate surface area is 184 Å². The van der Waals surface area contributed by atoms with Crippen LogP contribution in [0.5, 0.6) is 0 Å². The van der Waals surface area contributed by atoms with E-state index in [1.54, 1.807) is 0 Å². The summed E-state index contributed by atoms with van der Waals surface area (Å²) in [6.07, 6.45) is 2.37. The number of aryl methyl sites for hydroxylation is 2. The third-order valence-electron chi connectivity index (χ3n) is 3.65. The monoisotopic (exact) mass is 478 g/mol. The van der Waals surface area contributed by atoms with Gasteiger partial charge in [0.1, 0.15) is 12.7 Å². The highest BCUT2D eigenvalue weighted by Gasteiger charge is 2.14. The third kappa shape index (κ3) is 5.01. The van der Waals surface area contributed by atoms with Crippen LogP contribution in [0.1, 0.15) is 21.0 Å². The van der Waals surface area contributed by atoms with E-state index in [0.29, 0.717) is 0 Å². The summed E-state index contributed by atoms with van der Waals surface area (Å²) < 4.78 is 4.26. The van der Waals surface area contributed by atoms with E-state index < -0.39 is 35.1 Å². The van der Waals surface area contributed by atoms with E-state index in [9.17, 15) is 19.2 Å². The predicted molar refractivity (Wildman–Crippen MR) is 104 cm³/mol. The van der Waals surface area contributed by atoms with Gasteiger partial charge in [0.15, 0.2) is 22.7 Å². The first-order valence-corrected chi connectivity index (χ1v) is 8.46. The second-order valence-electron chi connectivity index (χ2n) is 5.90. The molecule has 0 aromatic carbocycles. The smallest absolute Gasteiger partial charge is 0.414 e. The fourth-order valence-electron chi connectivity index (χ4n) is 2.11. The number of carbonyl (C=O) groups excluding carboxylic acids is 2. The average Bonchev–Trinajstić information content (AvgIpc) is 3.39. The summed E-state index contributed by atoms with van der Waals surface area (Å²) in [5.41, 5.74) is 9.19. The van der Waals surface area contributed by atoms with Gasteiger partial charge in [-0.3, -0.25) is 9.59 Å². The molecule has 0 aliphatic heterocycles. The molecule has 20 heteroatoms. The molecule has 178 valence electrons. The normalized spacial score (nSPS) is 10.1. The maximum atomic E-state index is 11.4. The minimum Gasteiger partial charge on any atom is -0.473 e. The predicted octanol–water partition coefficient (Wildman–Crippen LogP) is -5.00. The summed E-state index contributed by atoms with van der Waals surface area (Å²) in [5.74, 6) is -5.13. The lowest BCUT2D eigenvalue weighted by atomic mass is 10.4. The highest BCUT2D eigenvalue weighted by molar-refractivity contribution is 6.27. The van der Waals surface area contributed by atoms with E-state index in [4.69, 9.17) is 31.3 Å². The summed E-state index contributed by atoms with van der Waals surface area (Å²) in [7, 11) is 2.89. The SMILES string of the molecule is Cn1nnc2c(C(N)=O)ncn2c1=O.Cn1nnc2c(C(N)=O)ncn2c1=O.O=C(O)C(=O)O. The molecule has 4 rings (SSSR count). The number of aromatic nitrogens is 10. The van der Waals surface area contributed by atoms with Gasteiger partial charge in [-0.25, -0.2) is 37.9 Å². The second-order valence-corrected chi connectivity index (χ2v) is 5.90. The van der Waals surface area contributed by atoms with Crippen LogP contribution in [0.25, 0.3) is 11.3 Å². The van der Waals surface area contributed by atoms with Crippen LogP contribution in [-0.2, 0) is 23.7 Å². The Morgan fingerprint density at radius 1 is 0.735 bits per heavy atom. The van der Waals surface area contributed by atoms with Gasteiger partial charge in [-0.15, -0.1) is 10.2 Å². The van der Waals surface area contributed by atoms with E-state index in [2.05, 4.69) is 30.6 Å². The van der Waals surface area contributed by atoms with E-state index in [1.807, 2.05) is 0 Å². The number of nitrogens with two attached hydrogens (primary N) is 2. The zero-order valence-electron chi connectivity index (χ0n) is 17.1. The average molecular weight is 478 g/mol. The summed E-state index contributed by atoms with van der Waals surface area (Å²) in [4.78, 5) is 70.0. The number of aliphatic carboxylic acids is 2. The number of hydrogen-bond acceptors (Lipinski definition) is 12. The molecule has 4 aromatic rings. The molecule has 0 fully saturated rings. The van der Waals surface area contributed by atoms with E-state index in [0.717, 1.165) is 18.2 Å². The van der Waals surface area contributed by atoms with Crippen LogP contribution in [0.4, 0.5) is 0 Å². The Balaban J connectivity index is 0.000000196. The number of carboxylic acids is 2. The molecule has 0 unspecified atom stereocenters. The first kappa shape index (κ1) is 24.7. The zero-order valence-corrected chi connectivity index (χ0v) is 17.1. The van der Waals surface area contributed by atoms with Crippen molar-refractivity contribution >= 4 is 35.0 Å². The molecule has 0 saturated heterocycles. The highest BCUT2D eigenvalue weighted by atomic mass is 16.4. The van der Waals surface area contributed by atoms with Crippen molar-refractivity contribution in [3.8, 4) is 0 Å². The van der Waals surface area contributed by atoms with Crippen LogP contribution in [0.3, 0.4) is 0 Å². The number of fused-ring (bicyclic) bond motifs is 2. The molecule has 0 aliphatic carbocycles. The van der Waals surface area contributed by atoms with Crippen molar-refractivity contribution in [3.63, 3.8) is 0 Å². The van der Waals surface area contributed by atoms with Crippen LogP contribution in [0, 0.1) is 0 Å². The minimum atomic E-state index is -1.82. The topological polar surface area (TPSA) is 291 Å². The van der Waals surface area contributed by atoms with Gasteiger partial charge in [0.05, 0.1) is 0 Å². The third-order valence-corrected chi connectivity index (χ3v) is 3.65. The molecular weight excluding hydrogens is 464 g/mol. The van der Waals surface area contributed by atoms with E-state index >= 15 is 0 Å². The van der Waals surface area contributed by atoms with Crippen LogP contribution >= 0.6 is 0 Å². The second kappa shape index (κ2) is 9.71. The first-order valence-electron chi connectivity index (χ1n) is 8.46. The van der Waals surface area contributed by atoms with Crippen LogP contribution in [-0.4, -0.2) is 82.7 Å². The summed E-state index contributed by atoms with van der Waals surface area (Å²) in [5, 5.41) is 29.1. The van der Waals surface area contributed by atoms with Gasteiger partial charge in [0.25, 0.3) is 11.8 Å². The molecule has 6 N–H and O–H groups in total. The lowest BCUT2D eigenvalue weighted by Gasteiger charge is -1.95. The molecule has 34 heavy (non-hydrogen) atoms. The number of imidazole rings is 2. The van der Waals surface area contributed by atoms with Gasteiger partial charge < -0.3 is 21.7 Å². The van der Waals surface area contributed by atoms with E-state index in [1.165, 1.54) is 26.7 Å². The fraction of sp³-hybridized carbons (Fsp3) is 0.143. The minimum absolute atomic E-state index is 0.0600. The zero-order chi connectivity index (χ0) is 25.7. The molecule has 0 atom stereocenters. The van der Waals surface area contributed by atoms with Crippen molar-refractivity contribution in [1.82, 2.24) is 48.8 Å². The Hall–Kier alpha value is -5.56. The number of hydrogen-bond donors (Lipinski definition) is 4. The Morgan fingerprint density at radius 3 is 1.32 bits per heavy atom. The summed E-state index contributed by atoms with van der Waals surface area (Å²) in [6, 6.07) is 0. The number of carboxylic acid groups (broad SMARTS) is 2. The van der Waals surface area contributed by atoms with Gasteiger partial charge in [0, 0.05) is 14.1 Å². The summed E-state index contributed by atoms with van der Waals surface area (Å²) >= 11 is 0. The molecule has 0 spiro atoms. The quantitative estimate of drug-likeness (QED) is 0.196. The lowest BCUT2D eigenvalue weighted by Crippen LogP contribution is -2.27. The van der Waals surface area contributed by atoms with Crippen molar-refractivity contribution in [2.75, 3.05) is 0 Å². The molecule has 20 nitrogen and oxygen atoms in total. The van der Waals surface area contributed by atoms with Gasteiger partial charge in [-0.1, -0.05) is 10.4 Å². The van der Waals surface area contributed by atoms with Crippen LogP contribution in [0.2, 0.25) is 0 Å². The first-order chi connectivity index (χ1) is 15.9. The molecule has 2 amide bonds. The number of amides is 2. The van der Waals surface area contributed by atoms with Gasteiger partial charge >= 0.3 is 23.3 Å². The molecule has 4 heterocycles. The fourth-order valence-corrected chi connectivity index (χ4v) is 2.11. The maximum absolute atomic E-state index is 11.4. The molecular formula is C14H14N12O8. The van der Waals surface area contributed by atoms with Crippen LogP contribution < -0.4 is 22.8 Å². The lowest BCUT2D eigenvalue weighted by molar-refractivity contribution is -0.159. The molecule has 0 radical (unpaired) electrons. The number of primary amides is 2. The largest absolute Gasteiger partial charge is 0.473 e. The number of nitrogens with zero attached hydrogens (tertiary/aromatic N) is 10. The van der Waals surface area contributed by atoms with Crippen molar-refractivity contribution in [3.05, 3.63) is 45.0 Å². The van der Waals surface area contributed by atoms with Gasteiger partial charge in [-0.2, -0.15) is 9.36 Å². The van der Waals surface area contributed by atoms with Crippen molar-refractivity contribution < 1.29 is 29.4 Å². The van der Waals surface area contributed by atoms with Crippen LogP contribution in [0.15, 0.2) is 22.2 Å². The van der Waals surface area contributed by atoms with E-state index in [-0.39, 0.29) is 22.7 Å². The summed E-state index contributed by atoms with van der Waals surface area (Å²) in [6.45, 7) is 0. The Kier molecular flexibility index (Phi) is 7.06. The van der Waals surface area contributed by atoms with Gasteiger partial charge in [-0.05, 0) is 0 Å². The van der Waals surface area contributed by atoms with Crippen molar-refractivity contribution in [2.24, 2.45) is 25.6 Å². The number of rotatable bonds is 2. The Bertz CT molecular complexity index is 1430. The standard InChI is InChI=1S/2C6H6N6O2.C2H2O4/c2*1-11-6(14)12-2-8-3(4(7)13)5(12)9-10-11;3-1(4)2(5)6/h2*2H,1H3,(H2,7,13);(H,3,4)(H,5,6). The molecule has 0 aliphatic rings. The number of carbonyl (C=O) groups is 4. The Morgan fingerprint density at radius 2 is 1.06 bits per heavy atom. The molecule has 4 aromatic heterocycles. The molecule has 0 saturated carbocycles. The van der Waals surface area contributed by atoms with Crippen molar-refractivity contribution in [2.45, 2.75) is 0 Å². The maximum Gasteiger partial charge on any atom is 0.414 e.